The molecule has 2 rings (SSSR count). The first-order chi connectivity index (χ1) is 8.83. The molecule has 1 unspecified atom stereocenters. The van der Waals surface area contributed by atoms with Gasteiger partial charge in [-0.25, -0.2) is 0 Å². The molecule has 1 atom stereocenters. The summed E-state index contributed by atoms with van der Waals surface area (Å²) in [5.41, 5.74) is 3.94. The SMILES string of the molecule is C=CCC(Cc1ccn(C2CCCCC2)n1)NN. The fourth-order valence-corrected chi connectivity index (χ4v) is 2.70. The van der Waals surface area contributed by atoms with E-state index in [0.717, 1.165) is 18.5 Å². The highest BCUT2D eigenvalue weighted by atomic mass is 15.3. The van der Waals surface area contributed by atoms with Gasteiger partial charge in [0.1, 0.15) is 0 Å². The minimum Gasteiger partial charge on any atom is -0.271 e. The monoisotopic (exact) mass is 248 g/mol. The Bertz CT molecular complexity index is 366. The quantitative estimate of drug-likeness (QED) is 0.461. The maximum absolute atomic E-state index is 5.52. The van der Waals surface area contributed by atoms with E-state index in [4.69, 9.17) is 10.9 Å². The van der Waals surface area contributed by atoms with Gasteiger partial charge in [-0.05, 0) is 25.3 Å². The van der Waals surface area contributed by atoms with Crippen LogP contribution < -0.4 is 11.3 Å². The molecule has 0 aromatic carbocycles. The van der Waals surface area contributed by atoms with Gasteiger partial charge >= 0.3 is 0 Å². The van der Waals surface area contributed by atoms with Crippen LogP contribution in [0.1, 0.15) is 50.3 Å². The van der Waals surface area contributed by atoms with Crippen molar-refractivity contribution in [3.05, 3.63) is 30.6 Å². The number of hydrazine groups is 1. The van der Waals surface area contributed by atoms with E-state index in [9.17, 15) is 0 Å². The molecule has 1 aromatic rings. The van der Waals surface area contributed by atoms with Crippen LogP contribution in [0.3, 0.4) is 0 Å². The topological polar surface area (TPSA) is 55.9 Å². The standard InChI is InChI=1S/C14H24N4/c1-2-6-12(16-15)11-13-9-10-18(17-13)14-7-4-3-5-8-14/h2,9-10,12,14,16H,1,3-8,11,15H2. The van der Waals surface area contributed by atoms with Gasteiger partial charge < -0.3 is 0 Å². The Hall–Kier alpha value is -1.13. The van der Waals surface area contributed by atoms with Crippen molar-refractivity contribution >= 4 is 0 Å². The van der Waals surface area contributed by atoms with E-state index in [1.54, 1.807) is 0 Å². The second-order valence-corrected chi connectivity index (χ2v) is 5.17. The van der Waals surface area contributed by atoms with Crippen molar-refractivity contribution in [2.45, 2.75) is 57.0 Å². The molecule has 3 N–H and O–H groups in total. The molecule has 1 aliphatic carbocycles. The third kappa shape index (κ3) is 3.43. The molecular formula is C14H24N4. The second-order valence-electron chi connectivity index (χ2n) is 5.17. The van der Waals surface area contributed by atoms with Crippen LogP contribution in [0.4, 0.5) is 0 Å². The Kier molecular flexibility index (Phi) is 4.96. The van der Waals surface area contributed by atoms with Crippen LogP contribution in [0.15, 0.2) is 24.9 Å². The lowest BCUT2D eigenvalue weighted by atomic mass is 9.96. The molecule has 18 heavy (non-hydrogen) atoms. The molecule has 1 heterocycles. The summed E-state index contributed by atoms with van der Waals surface area (Å²) in [7, 11) is 0. The van der Waals surface area contributed by atoms with E-state index < -0.39 is 0 Å². The van der Waals surface area contributed by atoms with Crippen molar-refractivity contribution in [2.75, 3.05) is 0 Å². The predicted molar refractivity (Wildman–Crippen MR) is 74.0 cm³/mol. The molecule has 0 radical (unpaired) electrons. The molecule has 1 aliphatic rings. The van der Waals surface area contributed by atoms with Gasteiger partial charge in [0.2, 0.25) is 0 Å². The van der Waals surface area contributed by atoms with Gasteiger partial charge in [0.25, 0.3) is 0 Å². The molecule has 0 amide bonds. The molecule has 0 aliphatic heterocycles. The van der Waals surface area contributed by atoms with Crippen molar-refractivity contribution in [1.29, 1.82) is 0 Å². The second kappa shape index (κ2) is 6.71. The maximum atomic E-state index is 5.52. The van der Waals surface area contributed by atoms with Gasteiger partial charge in [-0.2, -0.15) is 5.10 Å². The van der Waals surface area contributed by atoms with Crippen LogP contribution in [0.2, 0.25) is 0 Å². The fourth-order valence-electron chi connectivity index (χ4n) is 2.70. The Balaban J connectivity index is 1.94. The summed E-state index contributed by atoms with van der Waals surface area (Å²) < 4.78 is 2.15. The first-order valence-corrected chi connectivity index (χ1v) is 6.94. The molecule has 4 nitrogen and oxygen atoms in total. The Morgan fingerprint density at radius 1 is 1.50 bits per heavy atom. The Labute approximate surface area is 109 Å². The number of hydrogen-bond donors (Lipinski definition) is 2. The minimum absolute atomic E-state index is 0.234. The summed E-state index contributed by atoms with van der Waals surface area (Å²) in [6.45, 7) is 3.75. The lowest BCUT2D eigenvalue weighted by Crippen LogP contribution is -2.36. The molecule has 100 valence electrons. The lowest BCUT2D eigenvalue weighted by Gasteiger charge is -2.21. The summed E-state index contributed by atoms with van der Waals surface area (Å²) in [5, 5.41) is 4.69. The van der Waals surface area contributed by atoms with Crippen molar-refractivity contribution in [3.8, 4) is 0 Å². The number of aromatic nitrogens is 2. The highest BCUT2D eigenvalue weighted by molar-refractivity contribution is 5.03. The average molecular weight is 248 g/mol. The highest BCUT2D eigenvalue weighted by Crippen LogP contribution is 2.27. The largest absolute Gasteiger partial charge is 0.271 e. The van der Waals surface area contributed by atoms with Gasteiger partial charge in [-0.3, -0.25) is 16.0 Å². The Morgan fingerprint density at radius 3 is 2.94 bits per heavy atom. The van der Waals surface area contributed by atoms with E-state index in [2.05, 4.69) is 28.9 Å². The molecule has 1 aromatic heterocycles. The third-order valence-electron chi connectivity index (χ3n) is 3.75. The zero-order chi connectivity index (χ0) is 12.8. The Morgan fingerprint density at radius 2 is 2.28 bits per heavy atom. The van der Waals surface area contributed by atoms with Gasteiger partial charge in [0.15, 0.2) is 0 Å². The summed E-state index contributed by atoms with van der Waals surface area (Å²) >= 11 is 0. The number of nitrogens with one attached hydrogen (secondary N) is 1. The van der Waals surface area contributed by atoms with Crippen molar-refractivity contribution in [3.63, 3.8) is 0 Å². The third-order valence-corrected chi connectivity index (χ3v) is 3.75. The first-order valence-electron chi connectivity index (χ1n) is 6.94. The van der Waals surface area contributed by atoms with E-state index in [0.29, 0.717) is 6.04 Å². The molecule has 0 spiro atoms. The van der Waals surface area contributed by atoms with Gasteiger partial charge in [-0.1, -0.05) is 25.3 Å². The number of nitrogens with two attached hydrogens (primary N) is 1. The number of nitrogens with zero attached hydrogens (tertiary/aromatic N) is 2. The normalized spacial score (nSPS) is 18.7. The van der Waals surface area contributed by atoms with Crippen LogP contribution in [0.5, 0.6) is 0 Å². The van der Waals surface area contributed by atoms with E-state index >= 15 is 0 Å². The van der Waals surface area contributed by atoms with E-state index in [-0.39, 0.29) is 6.04 Å². The smallest absolute Gasteiger partial charge is 0.0640 e. The van der Waals surface area contributed by atoms with Gasteiger partial charge in [0, 0.05) is 18.7 Å². The minimum atomic E-state index is 0.234. The van der Waals surface area contributed by atoms with E-state index in [1.165, 1.54) is 32.1 Å². The van der Waals surface area contributed by atoms with Gasteiger partial charge in [0.05, 0.1) is 11.7 Å². The molecule has 4 heteroatoms. The predicted octanol–water partition coefficient (Wildman–Crippen LogP) is 2.34. The van der Waals surface area contributed by atoms with E-state index in [1.807, 2.05) is 6.08 Å². The van der Waals surface area contributed by atoms with Crippen LogP contribution in [0.25, 0.3) is 0 Å². The van der Waals surface area contributed by atoms with Crippen molar-refractivity contribution < 1.29 is 0 Å². The molecule has 1 fully saturated rings. The molecule has 1 saturated carbocycles. The molecule has 0 bridgehead atoms. The highest BCUT2D eigenvalue weighted by Gasteiger charge is 2.16. The van der Waals surface area contributed by atoms with Crippen LogP contribution in [-0.2, 0) is 6.42 Å². The molecule has 0 saturated heterocycles. The summed E-state index contributed by atoms with van der Waals surface area (Å²) in [6.07, 6.45) is 12.3. The van der Waals surface area contributed by atoms with Crippen LogP contribution in [-0.4, -0.2) is 15.8 Å². The van der Waals surface area contributed by atoms with Crippen LogP contribution in [0, 0.1) is 0 Å². The zero-order valence-electron chi connectivity index (χ0n) is 11.0. The number of rotatable bonds is 6. The lowest BCUT2D eigenvalue weighted by molar-refractivity contribution is 0.327. The van der Waals surface area contributed by atoms with Gasteiger partial charge in [-0.15, -0.1) is 6.58 Å². The van der Waals surface area contributed by atoms with Crippen molar-refractivity contribution in [2.24, 2.45) is 5.84 Å². The zero-order valence-corrected chi connectivity index (χ0v) is 11.0. The molecular weight excluding hydrogens is 224 g/mol. The summed E-state index contributed by atoms with van der Waals surface area (Å²) in [4.78, 5) is 0. The van der Waals surface area contributed by atoms with Crippen LogP contribution >= 0.6 is 0 Å². The summed E-state index contributed by atoms with van der Waals surface area (Å²) in [5.74, 6) is 5.52. The average Bonchev–Trinajstić information content (AvgIpc) is 2.88. The maximum Gasteiger partial charge on any atom is 0.0640 e. The number of hydrogen-bond acceptors (Lipinski definition) is 3. The fraction of sp³-hybridized carbons (Fsp3) is 0.643. The summed E-state index contributed by atoms with van der Waals surface area (Å²) in [6, 6.07) is 2.95. The van der Waals surface area contributed by atoms with Crippen molar-refractivity contribution in [1.82, 2.24) is 15.2 Å². The first kappa shape index (κ1) is 13.3.